The number of ether oxygens (including phenoxy) is 1. The van der Waals surface area contributed by atoms with E-state index in [1.807, 2.05) is 65.2 Å². The van der Waals surface area contributed by atoms with E-state index in [1.54, 1.807) is 7.11 Å². The largest absolute Gasteiger partial charge is 0.384 e. The molecule has 1 N–H and O–H groups in total. The van der Waals surface area contributed by atoms with Crippen molar-refractivity contribution in [2.45, 2.75) is 19.4 Å². The molecule has 1 aliphatic rings. The highest BCUT2D eigenvalue weighted by molar-refractivity contribution is 6.07. The van der Waals surface area contributed by atoms with E-state index < -0.39 is 0 Å². The molecule has 0 fully saturated rings. The van der Waals surface area contributed by atoms with Crippen LogP contribution in [-0.4, -0.2) is 41.5 Å². The Kier molecular flexibility index (Phi) is 5.36. The maximum absolute atomic E-state index is 13.2. The first-order valence-corrected chi connectivity index (χ1v) is 9.80. The molecule has 0 saturated carbocycles. The fourth-order valence-electron chi connectivity index (χ4n) is 3.91. The van der Waals surface area contributed by atoms with Crippen molar-refractivity contribution < 1.29 is 14.3 Å². The van der Waals surface area contributed by atoms with Gasteiger partial charge in [-0.1, -0.05) is 24.3 Å². The predicted octanol–water partition coefficient (Wildman–Crippen LogP) is 3.35. The van der Waals surface area contributed by atoms with Gasteiger partial charge >= 0.3 is 0 Å². The first-order chi connectivity index (χ1) is 14.1. The van der Waals surface area contributed by atoms with Gasteiger partial charge in [0, 0.05) is 50.0 Å². The standard InChI is InChI=1S/C23H25N3O3/c1-25-15-20(19-5-3-4-6-21(19)25)23(28)26-11-9-16-7-8-18(13-17(16)14-26)24-22(27)10-12-29-2/h3-8,13,15H,9-12,14H2,1-2H3,(H,24,27). The van der Waals surface area contributed by atoms with E-state index in [0.717, 1.165) is 34.1 Å². The van der Waals surface area contributed by atoms with Crippen LogP contribution in [0.5, 0.6) is 0 Å². The molecule has 3 aromatic rings. The van der Waals surface area contributed by atoms with Gasteiger partial charge < -0.3 is 19.5 Å². The number of hydrogen-bond donors (Lipinski definition) is 1. The minimum atomic E-state index is -0.0775. The lowest BCUT2D eigenvalue weighted by Crippen LogP contribution is -2.36. The molecule has 0 unspecified atom stereocenters. The van der Waals surface area contributed by atoms with E-state index in [2.05, 4.69) is 5.32 Å². The van der Waals surface area contributed by atoms with Gasteiger partial charge in [0.15, 0.2) is 0 Å². The Morgan fingerprint density at radius 1 is 1.14 bits per heavy atom. The number of rotatable bonds is 5. The number of fused-ring (bicyclic) bond motifs is 2. The van der Waals surface area contributed by atoms with Crippen LogP contribution in [0.25, 0.3) is 10.9 Å². The van der Waals surface area contributed by atoms with Crippen molar-refractivity contribution in [3.05, 3.63) is 65.4 Å². The molecule has 0 spiro atoms. The first kappa shape index (κ1) is 19.2. The van der Waals surface area contributed by atoms with Crippen LogP contribution in [0.2, 0.25) is 0 Å². The molecule has 0 atom stereocenters. The van der Waals surface area contributed by atoms with E-state index in [4.69, 9.17) is 4.74 Å². The van der Waals surface area contributed by atoms with Gasteiger partial charge in [-0.05, 0) is 35.7 Å². The van der Waals surface area contributed by atoms with Crippen LogP contribution < -0.4 is 5.32 Å². The molecule has 29 heavy (non-hydrogen) atoms. The minimum Gasteiger partial charge on any atom is -0.384 e. The Bertz CT molecular complexity index is 1070. The zero-order valence-electron chi connectivity index (χ0n) is 16.8. The molecule has 1 aromatic heterocycles. The number of aryl methyl sites for hydroxylation is 1. The number of para-hydroxylation sites is 1. The smallest absolute Gasteiger partial charge is 0.256 e. The van der Waals surface area contributed by atoms with E-state index in [-0.39, 0.29) is 11.8 Å². The minimum absolute atomic E-state index is 0.0435. The maximum Gasteiger partial charge on any atom is 0.256 e. The van der Waals surface area contributed by atoms with Gasteiger partial charge in [0.25, 0.3) is 5.91 Å². The summed E-state index contributed by atoms with van der Waals surface area (Å²) >= 11 is 0. The van der Waals surface area contributed by atoms with E-state index in [0.29, 0.717) is 26.1 Å². The number of aromatic nitrogens is 1. The Balaban J connectivity index is 1.53. The molecule has 0 saturated heterocycles. The normalized spacial score (nSPS) is 13.4. The van der Waals surface area contributed by atoms with Crippen LogP contribution in [-0.2, 0) is 29.5 Å². The fraction of sp³-hybridized carbons (Fsp3) is 0.304. The number of nitrogens with zero attached hydrogens (tertiary/aromatic N) is 2. The summed E-state index contributed by atoms with van der Waals surface area (Å²) in [6.07, 6.45) is 3.04. The number of carbonyl (C=O) groups is 2. The van der Waals surface area contributed by atoms with Gasteiger partial charge in [-0.2, -0.15) is 0 Å². The third kappa shape index (κ3) is 3.89. The topological polar surface area (TPSA) is 63.6 Å². The zero-order chi connectivity index (χ0) is 20.4. The van der Waals surface area contributed by atoms with Crippen molar-refractivity contribution in [2.24, 2.45) is 7.05 Å². The van der Waals surface area contributed by atoms with Crippen molar-refractivity contribution in [3.63, 3.8) is 0 Å². The lowest BCUT2D eigenvalue weighted by atomic mass is 9.98. The summed E-state index contributed by atoms with van der Waals surface area (Å²) < 4.78 is 6.94. The van der Waals surface area contributed by atoms with Crippen LogP contribution >= 0.6 is 0 Å². The zero-order valence-corrected chi connectivity index (χ0v) is 16.8. The molecule has 2 heterocycles. The molecule has 0 radical (unpaired) electrons. The van der Waals surface area contributed by atoms with Crippen LogP contribution in [0.3, 0.4) is 0 Å². The fourth-order valence-corrected chi connectivity index (χ4v) is 3.91. The third-order valence-electron chi connectivity index (χ3n) is 5.45. The van der Waals surface area contributed by atoms with E-state index in [1.165, 1.54) is 5.56 Å². The lowest BCUT2D eigenvalue weighted by Gasteiger charge is -2.29. The number of anilines is 1. The monoisotopic (exact) mass is 391 g/mol. The second-order valence-corrected chi connectivity index (χ2v) is 7.42. The molecule has 2 aromatic carbocycles. The summed E-state index contributed by atoms with van der Waals surface area (Å²) in [7, 11) is 3.54. The van der Waals surface area contributed by atoms with Crippen LogP contribution in [0.4, 0.5) is 5.69 Å². The SMILES string of the molecule is COCCC(=O)Nc1ccc2c(c1)CN(C(=O)c1cn(C)c3ccccc13)CC2. The summed E-state index contributed by atoms with van der Waals surface area (Å²) in [5.74, 6) is -0.0340. The summed E-state index contributed by atoms with van der Waals surface area (Å²) in [5, 5.41) is 3.88. The highest BCUT2D eigenvalue weighted by Crippen LogP contribution is 2.27. The van der Waals surface area contributed by atoms with Crippen LogP contribution in [0, 0.1) is 0 Å². The summed E-state index contributed by atoms with van der Waals surface area (Å²) in [5.41, 5.74) is 4.84. The first-order valence-electron chi connectivity index (χ1n) is 9.80. The van der Waals surface area contributed by atoms with Gasteiger partial charge in [0.2, 0.25) is 5.91 Å². The lowest BCUT2D eigenvalue weighted by molar-refractivity contribution is -0.117. The third-order valence-corrected chi connectivity index (χ3v) is 5.45. The molecule has 4 rings (SSSR count). The maximum atomic E-state index is 13.2. The molecule has 0 bridgehead atoms. The Labute approximate surface area is 170 Å². The molecular formula is C23H25N3O3. The van der Waals surface area contributed by atoms with Gasteiger partial charge in [-0.25, -0.2) is 0 Å². The summed E-state index contributed by atoms with van der Waals surface area (Å²) in [4.78, 5) is 27.1. The van der Waals surface area contributed by atoms with E-state index in [9.17, 15) is 9.59 Å². The molecule has 0 aliphatic carbocycles. The number of carbonyl (C=O) groups excluding carboxylic acids is 2. The second kappa shape index (κ2) is 8.09. The van der Waals surface area contributed by atoms with E-state index >= 15 is 0 Å². The van der Waals surface area contributed by atoms with Gasteiger partial charge in [0.05, 0.1) is 18.6 Å². The quantitative estimate of drug-likeness (QED) is 0.725. The van der Waals surface area contributed by atoms with Gasteiger partial charge in [-0.3, -0.25) is 9.59 Å². The molecule has 6 heteroatoms. The van der Waals surface area contributed by atoms with Crippen molar-refractivity contribution in [2.75, 3.05) is 25.6 Å². The van der Waals surface area contributed by atoms with Gasteiger partial charge in [0.1, 0.15) is 0 Å². The molecule has 150 valence electrons. The van der Waals surface area contributed by atoms with Gasteiger partial charge in [-0.15, -0.1) is 0 Å². The summed E-state index contributed by atoms with van der Waals surface area (Å²) in [6, 6.07) is 13.9. The Hall–Kier alpha value is -3.12. The number of benzene rings is 2. The van der Waals surface area contributed by atoms with Crippen LogP contribution in [0.15, 0.2) is 48.7 Å². The predicted molar refractivity (Wildman–Crippen MR) is 113 cm³/mol. The highest BCUT2D eigenvalue weighted by Gasteiger charge is 2.24. The molecular weight excluding hydrogens is 366 g/mol. The molecule has 2 amide bonds. The molecule has 1 aliphatic heterocycles. The molecule has 6 nitrogen and oxygen atoms in total. The van der Waals surface area contributed by atoms with Crippen molar-refractivity contribution >= 4 is 28.4 Å². The highest BCUT2D eigenvalue weighted by atomic mass is 16.5. The Morgan fingerprint density at radius 2 is 1.97 bits per heavy atom. The second-order valence-electron chi connectivity index (χ2n) is 7.42. The van der Waals surface area contributed by atoms with Crippen LogP contribution in [0.1, 0.15) is 27.9 Å². The number of amides is 2. The average molecular weight is 391 g/mol. The Morgan fingerprint density at radius 3 is 2.79 bits per heavy atom. The van der Waals surface area contributed by atoms with Crippen molar-refractivity contribution in [1.82, 2.24) is 9.47 Å². The van der Waals surface area contributed by atoms with Crippen molar-refractivity contribution in [3.8, 4) is 0 Å². The average Bonchev–Trinajstić information content (AvgIpc) is 3.08. The number of methoxy groups -OCH3 is 1. The number of hydrogen-bond acceptors (Lipinski definition) is 3. The van der Waals surface area contributed by atoms with Crippen molar-refractivity contribution in [1.29, 1.82) is 0 Å². The summed E-state index contributed by atoms with van der Waals surface area (Å²) in [6.45, 7) is 1.62. The number of nitrogens with one attached hydrogen (secondary N) is 1.